The van der Waals surface area contributed by atoms with E-state index < -0.39 is 0 Å². The summed E-state index contributed by atoms with van der Waals surface area (Å²) in [5.74, 6) is -0.0375. The second kappa shape index (κ2) is 6.31. The maximum atomic E-state index is 12.1. The predicted molar refractivity (Wildman–Crippen MR) is 82.7 cm³/mol. The lowest BCUT2D eigenvalue weighted by atomic mass is 10.00. The molecule has 2 aromatic heterocycles. The molecule has 3 heterocycles. The minimum absolute atomic E-state index is 0.0375. The minimum Gasteiger partial charge on any atom is -0.352 e. The van der Waals surface area contributed by atoms with E-state index in [1.54, 1.807) is 18.3 Å². The van der Waals surface area contributed by atoms with Crippen molar-refractivity contribution in [3.05, 3.63) is 34.9 Å². The van der Waals surface area contributed by atoms with Crippen molar-refractivity contribution in [3.8, 4) is 0 Å². The summed E-state index contributed by atoms with van der Waals surface area (Å²) in [5, 5.41) is 10.6. The molecule has 2 aromatic rings. The topological polar surface area (TPSA) is 80.4 Å². The van der Waals surface area contributed by atoms with E-state index in [1.165, 1.54) is 9.08 Å². The van der Waals surface area contributed by atoms with Gasteiger partial charge in [0.15, 0.2) is 5.65 Å². The highest BCUT2D eigenvalue weighted by molar-refractivity contribution is 5.76. The van der Waals surface area contributed by atoms with Gasteiger partial charge in [-0.3, -0.25) is 9.20 Å². The molecule has 22 heavy (non-hydrogen) atoms. The van der Waals surface area contributed by atoms with Crippen LogP contribution in [-0.2, 0) is 11.3 Å². The number of carbonyl (C=O) groups is 1. The maximum absolute atomic E-state index is 12.1. The first-order chi connectivity index (χ1) is 10.6. The molecular weight excluding hydrogens is 282 g/mol. The molecule has 0 bridgehead atoms. The number of hydrogen-bond acceptors (Lipinski definition) is 4. The molecule has 3 rings (SSSR count). The number of hydrogen-bond donors (Lipinski definition) is 2. The van der Waals surface area contributed by atoms with Crippen LogP contribution in [0.4, 0.5) is 0 Å². The van der Waals surface area contributed by atoms with Crippen LogP contribution in [-0.4, -0.2) is 38.7 Å². The second-order valence-corrected chi connectivity index (χ2v) is 5.74. The molecule has 2 unspecified atom stereocenters. The molecule has 7 heteroatoms. The van der Waals surface area contributed by atoms with Gasteiger partial charge in [0.2, 0.25) is 5.91 Å². The van der Waals surface area contributed by atoms with Gasteiger partial charge in [0, 0.05) is 24.7 Å². The van der Waals surface area contributed by atoms with Crippen LogP contribution in [0.15, 0.2) is 29.2 Å². The summed E-state index contributed by atoms with van der Waals surface area (Å²) in [5.41, 5.74) is 0.383. The summed E-state index contributed by atoms with van der Waals surface area (Å²) in [6.07, 6.45) is 4.00. The Morgan fingerprint density at radius 3 is 3.14 bits per heavy atom. The van der Waals surface area contributed by atoms with Crippen LogP contribution in [0.2, 0.25) is 0 Å². The van der Waals surface area contributed by atoms with E-state index in [0.29, 0.717) is 12.2 Å². The smallest absolute Gasteiger partial charge is 0.350 e. The molecule has 1 aliphatic rings. The lowest BCUT2D eigenvalue weighted by Crippen LogP contribution is -2.52. The third-order valence-electron chi connectivity index (χ3n) is 4.15. The van der Waals surface area contributed by atoms with Crippen LogP contribution >= 0.6 is 0 Å². The van der Waals surface area contributed by atoms with Crippen molar-refractivity contribution in [2.24, 2.45) is 0 Å². The van der Waals surface area contributed by atoms with E-state index in [2.05, 4.69) is 22.7 Å². The lowest BCUT2D eigenvalue weighted by Gasteiger charge is -2.30. The molecule has 2 atom stereocenters. The average Bonchev–Trinajstić information content (AvgIpc) is 2.84. The largest absolute Gasteiger partial charge is 0.352 e. The van der Waals surface area contributed by atoms with Gasteiger partial charge < -0.3 is 10.6 Å². The van der Waals surface area contributed by atoms with Gasteiger partial charge in [-0.05, 0) is 38.4 Å². The molecule has 1 saturated heterocycles. The van der Waals surface area contributed by atoms with Gasteiger partial charge in [-0.1, -0.05) is 6.07 Å². The summed E-state index contributed by atoms with van der Waals surface area (Å²) in [7, 11) is 0. The van der Waals surface area contributed by atoms with Gasteiger partial charge in [0.1, 0.15) is 0 Å². The molecule has 0 saturated carbocycles. The zero-order valence-electron chi connectivity index (χ0n) is 12.7. The van der Waals surface area contributed by atoms with Gasteiger partial charge in [-0.15, -0.1) is 5.10 Å². The molecular formula is C15H21N5O2. The molecule has 2 N–H and O–H groups in total. The van der Waals surface area contributed by atoms with Crippen molar-refractivity contribution in [2.75, 3.05) is 6.54 Å². The van der Waals surface area contributed by atoms with Gasteiger partial charge in [0.25, 0.3) is 0 Å². The Hall–Kier alpha value is -2.15. The molecule has 118 valence electrons. The number of aryl methyl sites for hydroxylation is 1. The number of pyridine rings is 1. The van der Waals surface area contributed by atoms with Crippen molar-refractivity contribution in [1.29, 1.82) is 0 Å². The number of nitrogens with one attached hydrogen (secondary N) is 2. The number of fused-ring (bicyclic) bond motifs is 1. The Labute approximate surface area is 128 Å². The summed E-state index contributed by atoms with van der Waals surface area (Å²) < 4.78 is 2.82. The molecule has 0 aromatic carbocycles. The average molecular weight is 303 g/mol. The third-order valence-corrected chi connectivity index (χ3v) is 4.15. The zero-order valence-corrected chi connectivity index (χ0v) is 12.7. The first-order valence-corrected chi connectivity index (χ1v) is 7.72. The predicted octanol–water partition coefficient (Wildman–Crippen LogP) is 0.143. The van der Waals surface area contributed by atoms with Crippen LogP contribution in [0.5, 0.6) is 0 Å². The Morgan fingerprint density at radius 1 is 1.50 bits per heavy atom. The molecule has 0 spiro atoms. The van der Waals surface area contributed by atoms with Crippen molar-refractivity contribution < 1.29 is 4.79 Å². The number of nitrogens with zero attached hydrogens (tertiary/aromatic N) is 3. The van der Waals surface area contributed by atoms with Crippen LogP contribution in [0.25, 0.3) is 5.65 Å². The third kappa shape index (κ3) is 3.04. The van der Waals surface area contributed by atoms with Crippen LogP contribution in [0.3, 0.4) is 0 Å². The van der Waals surface area contributed by atoms with E-state index in [9.17, 15) is 9.59 Å². The summed E-state index contributed by atoms with van der Waals surface area (Å²) in [6, 6.07) is 5.84. The SMILES string of the molecule is CC1NCCCC1NC(=O)CCn1nc2ccccn2c1=O. The zero-order chi connectivity index (χ0) is 15.5. The van der Waals surface area contributed by atoms with Gasteiger partial charge in [-0.25, -0.2) is 9.48 Å². The van der Waals surface area contributed by atoms with Crippen molar-refractivity contribution in [3.63, 3.8) is 0 Å². The lowest BCUT2D eigenvalue weighted by molar-refractivity contribution is -0.122. The van der Waals surface area contributed by atoms with E-state index in [1.807, 2.05) is 6.07 Å². The number of rotatable bonds is 4. The van der Waals surface area contributed by atoms with Crippen LogP contribution < -0.4 is 16.3 Å². The number of amides is 1. The Bertz CT molecular complexity index is 720. The highest BCUT2D eigenvalue weighted by Gasteiger charge is 2.22. The van der Waals surface area contributed by atoms with Gasteiger partial charge in [-0.2, -0.15) is 0 Å². The Balaban J connectivity index is 1.60. The standard InChI is InChI=1S/C15H21N5O2/c1-11-12(5-4-8-16-11)17-14(21)7-10-20-15(22)19-9-3-2-6-13(19)18-20/h2-3,6,9,11-12,16H,4-5,7-8,10H2,1H3,(H,17,21). The van der Waals surface area contributed by atoms with Crippen molar-refractivity contribution in [1.82, 2.24) is 24.8 Å². The fourth-order valence-electron chi connectivity index (χ4n) is 2.84. The Kier molecular flexibility index (Phi) is 4.24. The number of aromatic nitrogens is 3. The molecule has 7 nitrogen and oxygen atoms in total. The fourth-order valence-corrected chi connectivity index (χ4v) is 2.84. The van der Waals surface area contributed by atoms with Crippen LogP contribution in [0, 0.1) is 0 Å². The molecule has 1 amide bonds. The first-order valence-electron chi connectivity index (χ1n) is 7.72. The highest BCUT2D eigenvalue weighted by atomic mass is 16.2. The molecule has 1 fully saturated rings. The highest BCUT2D eigenvalue weighted by Crippen LogP contribution is 2.08. The quantitative estimate of drug-likeness (QED) is 0.842. The van der Waals surface area contributed by atoms with Crippen LogP contribution in [0.1, 0.15) is 26.2 Å². The fraction of sp³-hybridized carbons (Fsp3) is 0.533. The molecule has 1 aliphatic heterocycles. The minimum atomic E-state index is -0.212. The van der Waals surface area contributed by atoms with E-state index >= 15 is 0 Å². The van der Waals surface area contributed by atoms with Gasteiger partial charge >= 0.3 is 5.69 Å². The number of carbonyl (C=O) groups excluding carboxylic acids is 1. The summed E-state index contributed by atoms with van der Waals surface area (Å²) in [6.45, 7) is 3.38. The Morgan fingerprint density at radius 2 is 2.36 bits per heavy atom. The van der Waals surface area contributed by atoms with Crippen molar-refractivity contribution in [2.45, 2.75) is 44.8 Å². The van der Waals surface area contributed by atoms with E-state index in [-0.39, 0.29) is 30.1 Å². The first kappa shape index (κ1) is 14.8. The molecule has 0 aliphatic carbocycles. The molecule has 0 radical (unpaired) electrons. The van der Waals surface area contributed by atoms with E-state index in [0.717, 1.165) is 19.4 Å². The summed E-state index contributed by atoms with van der Waals surface area (Å²) in [4.78, 5) is 24.2. The summed E-state index contributed by atoms with van der Waals surface area (Å²) >= 11 is 0. The number of piperidine rings is 1. The van der Waals surface area contributed by atoms with Gasteiger partial charge in [0.05, 0.1) is 6.54 Å². The second-order valence-electron chi connectivity index (χ2n) is 5.74. The van der Waals surface area contributed by atoms with E-state index in [4.69, 9.17) is 0 Å². The normalized spacial score (nSPS) is 21.9. The monoisotopic (exact) mass is 303 g/mol. The maximum Gasteiger partial charge on any atom is 0.350 e. The van der Waals surface area contributed by atoms with Crippen molar-refractivity contribution >= 4 is 11.6 Å².